The van der Waals surface area contributed by atoms with E-state index < -0.39 is 24.6 Å². The topological polar surface area (TPSA) is 127 Å². The average Bonchev–Trinajstić information content (AvgIpc) is 2.65. The third-order valence-corrected chi connectivity index (χ3v) is 3.83. The Bertz CT molecular complexity index is 289. The Morgan fingerprint density at radius 1 is 0.615 bits per heavy atom. The van der Waals surface area contributed by atoms with E-state index in [9.17, 15) is 0 Å². The smallest absolute Gasteiger partial charge is 0.186 e. The quantitative estimate of drug-likeness (QED) is 0.250. The first-order valence-corrected chi connectivity index (χ1v) is 9.30. The van der Waals surface area contributed by atoms with Gasteiger partial charge in [0, 0.05) is 46.2 Å². The molecule has 1 aliphatic rings. The van der Waals surface area contributed by atoms with Crippen LogP contribution in [0.3, 0.4) is 0 Å². The zero-order valence-electron chi connectivity index (χ0n) is 15.3. The van der Waals surface area contributed by atoms with E-state index >= 15 is 0 Å². The molecule has 0 spiro atoms. The van der Waals surface area contributed by atoms with Crippen molar-refractivity contribution in [1.29, 1.82) is 0 Å². The Morgan fingerprint density at radius 3 is 1.62 bits per heavy atom. The van der Waals surface area contributed by atoms with E-state index in [-0.39, 0.29) is 33.0 Å². The molecule has 1 fully saturated rings. The molecule has 9 heteroatoms. The third-order valence-electron chi connectivity index (χ3n) is 3.83. The van der Waals surface area contributed by atoms with Gasteiger partial charge < -0.3 is 44.1 Å². The highest BCUT2D eigenvalue weighted by atomic mass is 16.7. The summed E-state index contributed by atoms with van der Waals surface area (Å²) in [7, 11) is 0. The summed E-state index contributed by atoms with van der Waals surface area (Å²) in [5.41, 5.74) is 0. The zero-order chi connectivity index (χ0) is 19.0. The lowest BCUT2D eigenvalue weighted by molar-refractivity contribution is -0.295. The molecule has 0 aromatic rings. The first-order valence-electron chi connectivity index (χ1n) is 9.30. The molecule has 4 atom stereocenters. The Kier molecular flexibility index (Phi) is 14.3. The minimum atomic E-state index is -0.669. The molecule has 1 heterocycles. The molecule has 1 unspecified atom stereocenters. The van der Waals surface area contributed by atoms with E-state index in [1.54, 1.807) is 0 Å². The molecule has 0 amide bonds. The van der Waals surface area contributed by atoms with Crippen molar-refractivity contribution in [1.82, 2.24) is 0 Å². The van der Waals surface area contributed by atoms with Gasteiger partial charge in [0.25, 0.3) is 0 Å². The highest BCUT2D eigenvalue weighted by Gasteiger charge is 2.43. The molecule has 0 saturated carbocycles. The van der Waals surface area contributed by atoms with Crippen LogP contribution in [0.4, 0.5) is 0 Å². The average molecular weight is 382 g/mol. The summed E-state index contributed by atoms with van der Waals surface area (Å²) in [5, 5.41) is 35.8. The highest BCUT2D eigenvalue weighted by molar-refractivity contribution is 4.87. The number of aliphatic hydroxyl groups is 4. The fourth-order valence-corrected chi connectivity index (χ4v) is 2.54. The molecule has 1 aliphatic heterocycles. The van der Waals surface area contributed by atoms with Crippen molar-refractivity contribution in [2.24, 2.45) is 0 Å². The lowest BCUT2D eigenvalue weighted by Gasteiger charge is -2.41. The fraction of sp³-hybridized carbons (Fsp3) is 1.00. The second-order valence-electron chi connectivity index (χ2n) is 5.96. The van der Waals surface area contributed by atoms with Gasteiger partial charge in [-0.15, -0.1) is 0 Å². The van der Waals surface area contributed by atoms with Gasteiger partial charge in [0.15, 0.2) is 6.29 Å². The molecular formula is C17H34O9. The molecule has 4 N–H and O–H groups in total. The number of hydrogen-bond donors (Lipinski definition) is 4. The third kappa shape index (κ3) is 9.03. The maximum atomic E-state index is 9.00. The van der Waals surface area contributed by atoms with Crippen LogP contribution in [0.2, 0.25) is 0 Å². The molecule has 1 saturated heterocycles. The largest absolute Gasteiger partial charge is 0.396 e. The molecular weight excluding hydrogens is 348 g/mol. The first kappa shape index (κ1) is 23.7. The van der Waals surface area contributed by atoms with Gasteiger partial charge in [-0.05, 0) is 25.7 Å². The molecule has 1 rings (SSSR count). The number of aliphatic hydroxyl groups excluding tert-OH is 4. The van der Waals surface area contributed by atoms with Gasteiger partial charge >= 0.3 is 0 Å². The lowest BCUT2D eigenvalue weighted by Crippen LogP contribution is -2.57. The van der Waals surface area contributed by atoms with Crippen LogP contribution in [-0.4, -0.2) is 104 Å². The molecule has 0 aliphatic carbocycles. The lowest BCUT2D eigenvalue weighted by atomic mass is 10.0. The van der Waals surface area contributed by atoms with Crippen LogP contribution in [0.5, 0.6) is 0 Å². The zero-order valence-corrected chi connectivity index (χ0v) is 15.3. The SMILES string of the molecule is OCCCOC1OC[C@@H](OCCCO)[C@@H](OCCCO)[C@@H]1OCCCO. The van der Waals surface area contributed by atoms with Crippen molar-refractivity contribution in [3.63, 3.8) is 0 Å². The maximum Gasteiger partial charge on any atom is 0.186 e. The van der Waals surface area contributed by atoms with E-state index in [0.717, 1.165) is 0 Å². The van der Waals surface area contributed by atoms with E-state index in [0.29, 0.717) is 52.1 Å². The summed E-state index contributed by atoms with van der Waals surface area (Å²) in [6.07, 6.45) is -0.144. The number of ether oxygens (including phenoxy) is 5. The maximum absolute atomic E-state index is 9.00. The monoisotopic (exact) mass is 382 g/mol. The van der Waals surface area contributed by atoms with Crippen LogP contribution < -0.4 is 0 Å². The minimum absolute atomic E-state index is 0.01000. The van der Waals surface area contributed by atoms with Crippen molar-refractivity contribution in [2.75, 3.05) is 59.5 Å². The van der Waals surface area contributed by atoms with E-state index in [2.05, 4.69) is 0 Å². The summed E-state index contributed by atoms with van der Waals surface area (Å²) in [6.45, 7) is 1.67. The number of rotatable bonds is 16. The van der Waals surface area contributed by atoms with Crippen LogP contribution in [0.15, 0.2) is 0 Å². The van der Waals surface area contributed by atoms with Crippen molar-refractivity contribution in [2.45, 2.75) is 50.3 Å². The van der Waals surface area contributed by atoms with Crippen molar-refractivity contribution < 1.29 is 44.1 Å². The summed E-state index contributed by atoms with van der Waals surface area (Å²) in [5.74, 6) is 0. The fourth-order valence-electron chi connectivity index (χ4n) is 2.54. The highest BCUT2D eigenvalue weighted by Crippen LogP contribution is 2.25. The standard InChI is InChI=1S/C17H34O9/c18-5-1-9-22-14-13-26-17(25-12-4-8-21)16(24-11-3-7-20)15(14)23-10-2-6-19/h14-21H,1-13H2/t14-,15-,16+,17?/m1/s1. The summed E-state index contributed by atoms with van der Waals surface area (Å²) >= 11 is 0. The van der Waals surface area contributed by atoms with Gasteiger partial charge in [-0.1, -0.05) is 0 Å². The van der Waals surface area contributed by atoms with Gasteiger partial charge in [0.05, 0.1) is 13.2 Å². The van der Waals surface area contributed by atoms with Crippen LogP contribution in [0.25, 0.3) is 0 Å². The summed E-state index contributed by atoms with van der Waals surface area (Å²) in [6, 6.07) is 0. The van der Waals surface area contributed by atoms with Crippen LogP contribution in [0, 0.1) is 0 Å². The molecule has 0 bridgehead atoms. The second-order valence-corrected chi connectivity index (χ2v) is 5.96. The van der Waals surface area contributed by atoms with Crippen molar-refractivity contribution in [3.05, 3.63) is 0 Å². The van der Waals surface area contributed by atoms with Gasteiger partial charge in [-0.2, -0.15) is 0 Å². The van der Waals surface area contributed by atoms with Gasteiger partial charge in [-0.3, -0.25) is 0 Å². The Morgan fingerprint density at radius 2 is 1.08 bits per heavy atom. The Labute approximate surface area is 154 Å². The van der Waals surface area contributed by atoms with Crippen molar-refractivity contribution in [3.8, 4) is 0 Å². The Hall–Kier alpha value is -0.360. The van der Waals surface area contributed by atoms with Crippen molar-refractivity contribution >= 4 is 0 Å². The minimum Gasteiger partial charge on any atom is -0.396 e. The normalized spacial score (nSPS) is 26.3. The predicted molar refractivity (Wildman–Crippen MR) is 91.7 cm³/mol. The summed E-state index contributed by atoms with van der Waals surface area (Å²) < 4.78 is 29.0. The van der Waals surface area contributed by atoms with Gasteiger partial charge in [-0.25, -0.2) is 0 Å². The molecule has 0 aromatic heterocycles. The predicted octanol–water partition coefficient (Wildman–Crippen LogP) is -0.955. The summed E-state index contributed by atoms with van der Waals surface area (Å²) in [4.78, 5) is 0. The molecule has 26 heavy (non-hydrogen) atoms. The van der Waals surface area contributed by atoms with Crippen LogP contribution in [-0.2, 0) is 23.7 Å². The Balaban J connectivity index is 2.74. The molecule has 9 nitrogen and oxygen atoms in total. The molecule has 156 valence electrons. The first-order chi connectivity index (χ1) is 12.8. The van der Waals surface area contributed by atoms with Crippen LogP contribution in [0.1, 0.15) is 25.7 Å². The molecule has 0 aromatic carbocycles. The second kappa shape index (κ2) is 15.7. The van der Waals surface area contributed by atoms with Crippen LogP contribution >= 0.6 is 0 Å². The van der Waals surface area contributed by atoms with Gasteiger partial charge in [0.1, 0.15) is 18.3 Å². The van der Waals surface area contributed by atoms with Gasteiger partial charge in [0.2, 0.25) is 0 Å². The van der Waals surface area contributed by atoms with E-state index in [1.165, 1.54) is 0 Å². The van der Waals surface area contributed by atoms with E-state index in [4.69, 9.17) is 44.1 Å². The van der Waals surface area contributed by atoms with E-state index in [1.807, 2.05) is 0 Å². The number of hydrogen-bond acceptors (Lipinski definition) is 9. The molecule has 0 radical (unpaired) electrons.